The minimum absolute atomic E-state index is 0.0204. The summed E-state index contributed by atoms with van der Waals surface area (Å²) >= 11 is 5.87. The molecule has 1 unspecified atom stereocenters. The predicted molar refractivity (Wildman–Crippen MR) is 121 cm³/mol. The van der Waals surface area contributed by atoms with Gasteiger partial charge in [0.15, 0.2) is 0 Å². The molecule has 10 heteroatoms. The molecule has 1 amide bonds. The van der Waals surface area contributed by atoms with E-state index in [4.69, 9.17) is 17.3 Å². The van der Waals surface area contributed by atoms with Crippen LogP contribution in [0.4, 0.5) is 17.6 Å². The lowest BCUT2D eigenvalue weighted by molar-refractivity contribution is -0.137. The number of halogens is 5. The molecule has 0 aliphatic carbocycles. The normalized spacial score (nSPS) is 12.6. The highest BCUT2D eigenvalue weighted by Crippen LogP contribution is 2.30. The summed E-state index contributed by atoms with van der Waals surface area (Å²) in [6.07, 6.45) is -4.51. The molecule has 0 aliphatic rings. The molecule has 4 rings (SSSR count). The Morgan fingerprint density at radius 3 is 2.56 bits per heavy atom. The Morgan fingerprint density at radius 1 is 1.09 bits per heavy atom. The quantitative estimate of drug-likeness (QED) is 0.324. The molecule has 0 aliphatic heterocycles. The summed E-state index contributed by atoms with van der Waals surface area (Å²) < 4.78 is 52.0. The molecule has 0 saturated carbocycles. The van der Waals surface area contributed by atoms with Crippen LogP contribution >= 0.6 is 11.6 Å². The van der Waals surface area contributed by atoms with E-state index in [-0.39, 0.29) is 18.0 Å². The van der Waals surface area contributed by atoms with E-state index in [9.17, 15) is 22.4 Å². The molecule has 176 valence electrons. The number of amides is 1. The topological polar surface area (TPSA) is 83.8 Å². The molecule has 5 nitrogen and oxygen atoms in total. The van der Waals surface area contributed by atoms with Crippen LogP contribution in [0.1, 0.15) is 17.0 Å². The van der Waals surface area contributed by atoms with Crippen molar-refractivity contribution in [2.24, 2.45) is 5.73 Å². The maximum Gasteiger partial charge on any atom is 0.416 e. The molecule has 0 fully saturated rings. The van der Waals surface area contributed by atoms with Crippen molar-refractivity contribution in [1.82, 2.24) is 15.3 Å². The van der Waals surface area contributed by atoms with Crippen molar-refractivity contribution in [1.29, 1.82) is 0 Å². The number of hydrogen-bond acceptors (Lipinski definition) is 3. The number of fused-ring (bicyclic) bond motifs is 1. The van der Waals surface area contributed by atoms with E-state index in [1.165, 1.54) is 24.3 Å². The van der Waals surface area contributed by atoms with Crippen LogP contribution in [0, 0.1) is 5.82 Å². The molecule has 0 bridgehead atoms. The Labute approximate surface area is 196 Å². The lowest BCUT2D eigenvalue weighted by Crippen LogP contribution is -2.41. The third-order valence-corrected chi connectivity index (χ3v) is 5.55. The number of rotatable bonds is 6. The number of carbonyl (C=O) groups is 1. The highest BCUT2D eigenvalue weighted by atomic mass is 35.5. The van der Waals surface area contributed by atoms with Crippen LogP contribution in [-0.2, 0) is 23.9 Å². The first kappa shape index (κ1) is 23.7. The number of carbonyl (C=O) groups excluding carboxylic acids is 1. The number of benzene rings is 3. The van der Waals surface area contributed by atoms with Crippen molar-refractivity contribution in [2.45, 2.75) is 25.2 Å². The summed E-state index contributed by atoms with van der Waals surface area (Å²) in [5, 5.41) is 2.67. The number of nitrogens with zero attached hydrogens (tertiary/aromatic N) is 1. The fourth-order valence-corrected chi connectivity index (χ4v) is 3.71. The van der Waals surface area contributed by atoms with Gasteiger partial charge in [-0.05, 0) is 53.4 Å². The number of H-pyrrole nitrogens is 1. The van der Waals surface area contributed by atoms with E-state index >= 15 is 0 Å². The minimum atomic E-state index is -4.47. The van der Waals surface area contributed by atoms with Gasteiger partial charge >= 0.3 is 6.18 Å². The molecule has 4 aromatic rings. The number of hydrogen-bond donors (Lipinski definition) is 3. The van der Waals surface area contributed by atoms with Gasteiger partial charge in [0.05, 0.1) is 34.2 Å². The van der Waals surface area contributed by atoms with Crippen molar-refractivity contribution >= 4 is 28.5 Å². The van der Waals surface area contributed by atoms with E-state index < -0.39 is 29.5 Å². The van der Waals surface area contributed by atoms with Crippen LogP contribution in [-0.4, -0.2) is 21.9 Å². The SMILES string of the molecule is NC(Cc1cccc(C(F)(F)F)c1)C(=O)NCc1nc2ccc(-c3ccc(F)c(Cl)c3)cc2[nH]1. The third kappa shape index (κ3) is 5.37. The second kappa shape index (κ2) is 9.44. The Balaban J connectivity index is 1.41. The Bertz CT molecular complexity index is 1350. The van der Waals surface area contributed by atoms with E-state index in [1.54, 1.807) is 12.1 Å². The monoisotopic (exact) mass is 490 g/mol. The van der Waals surface area contributed by atoms with Gasteiger partial charge in [-0.15, -0.1) is 0 Å². The summed E-state index contributed by atoms with van der Waals surface area (Å²) in [6, 6.07) is 13.6. The van der Waals surface area contributed by atoms with Gasteiger partial charge in [-0.25, -0.2) is 9.37 Å². The standard InChI is InChI=1S/C24H19ClF4N4O/c25-17-10-14(4-6-18(17)26)15-5-7-20-21(11-15)33-22(32-20)12-31-23(34)19(30)9-13-2-1-3-16(8-13)24(27,28)29/h1-8,10-11,19H,9,12,30H2,(H,31,34)(H,32,33). The van der Waals surface area contributed by atoms with Gasteiger partial charge in [0.2, 0.25) is 5.91 Å². The predicted octanol–water partition coefficient (Wildman–Crippen LogP) is 5.23. The van der Waals surface area contributed by atoms with Crippen LogP contribution < -0.4 is 11.1 Å². The molecular formula is C24H19ClF4N4O. The molecule has 4 N–H and O–H groups in total. The second-order valence-electron chi connectivity index (χ2n) is 7.77. The van der Waals surface area contributed by atoms with Gasteiger partial charge in [0.25, 0.3) is 0 Å². The first-order valence-corrected chi connectivity index (χ1v) is 10.6. The van der Waals surface area contributed by atoms with Crippen molar-refractivity contribution < 1.29 is 22.4 Å². The molecule has 1 aromatic heterocycles. The van der Waals surface area contributed by atoms with Crippen molar-refractivity contribution in [2.75, 3.05) is 0 Å². The van der Waals surface area contributed by atoms with Crippen molar-refractivity contribution in [3.05, 3.63) is 88.5 Å². The number of nitrogens with two attached hydrogens (primary N) is 1. The summed E-state index contributed by atoms with van der Waals surface area (Å²) in [5.74, 6) is -0.541. The largest absolute Gasteiger partial charge is 0.416 e. The third-order valence-electron chi connectivity index (χ3n) is 5.26. The number of nitrogens with one attached hydrogen (secondary N) is 2. The lowest BCUT2D eigenvalue weighted by Gasteiger charge is -2.13. The highest BCUT2D eigenvalue weighted by molar-refractivity contribution is 6.31. The fraction of sp³-hybridized carbons (Fsp3) is 0.167. The van der Waals surface area contributed by atoms with E-state index in [0.717, 1.165) is 23.3 Å². The second-order valence-corrected chi connectivity index (χ2v) is 8.18. The first-order valence-electron chi connectivity index (χ1n) is 10.2. The Hall–Kier alpha value is -3.43. The van der Waals surface area contributed by atoms with Crippen molar-refractivity contribution in [3.63, 3.8) is 0 Å². The Kier molecular flexibility index (Phi) is 6.58. The molecule has 3 aromatic carbocycles. The van der Waals surface area contributed by atoms with E-state index in [0.29, 0.717) is 22.4 Å². The van der Waals surface area contributed by atoms with Gasteiger partial charge in [-0.2, -0.15) is 13.2 Å². The number of alkyl halides is 3. The maximum atomic E-state index is 13.4. The van der Waals surface area contributed by atoms with Gasteiger partial charge in [0.1, 0.15) is 11.6 Å². The minimum Gasteiger partial charge on any atom is -0.348 e. The molecule has 0 radical (unpaired) electrons. The zero-order valence-corrected chi connectivity index (χ0v) is 18.3. The van der Waals surface area contributed by atoms with Crippen LogP contribution in [0.2, 0.25) is 5.02 Å². The summed E-state index contributed by atoms with van der Waals surface area (Å²) in [7, 11) is 0. The van der Waals surface area contributed by atoms with Gasteiger partial charge < -0.3 is 16.0 Å². The van der Waals surface area contributed by atoms with Crippen LogP contribution in [0.15, 0.2) is 60.7 Å². The molecule has 34 heavy (non-hydrogen) atoms. The van der Waals surface area contributed by atoms with Gasteiger partial charge in [-0.3, -0.25) is 4.79 Å². The number of aromatic amines is 1. The molecular weight excluding hydrogens is 472 g/mol. The molecule has 1 heterocycles. The van der Waals surface area contributed by atoms with Gasteiger partial charge in [0, 0.05) is 0 Å². The zero-order chi connectivity index (χ0) is 24.5. The molecule has 1 atom stereocenters. The zero-order valence-electron chi connectivity index (χ0n) is 17.6. The van der Waals surface area contributed by atoms with Crippen LogP contribution in [0.5, 0.6) is 0 Å². The smallest absolute Gasteiger partial charge is 0.348 e. The number of aromatic nitrogens is 2. The maximum absolute atomic E-state index is 13.4. The van der Waals surface area contributed by atoms with Crippen LogP contribution in [0.25, 0.3) is 22.2 Å². The summed E-state index contributed by atoms with van der Waals surface area (Å²) in [5.41, 5.74) is 8.32. The fourth-order valence-electron chi connectivity index (χ4n) is 3.52. The van der Waals surface area contributed by atoms with Gasteiger partial charge in [-0.1, -0.05) is 41.9 Å². The number of imidazole rings is 1. The summed E-state index contributed by atoms with van der Waals surface area (Å²) in [6.45, 7) is 0.0571. The lowest BCUT2D eigenvalue weighted by atomic mass is 10.0. The van der Waals surface area contributed by atoms with Crippen molar-refractivity contribution in [3.8, 4) is 11.1 Å². The molecule has 0 spiro atoms. The van der Waals surface area contributed by atoms with E-state index in [2.05, 4.69) is 15.3 Å². The average Bonchev–Trinajstić information content (AvgIpc) is 3.21. The first-order chi connectivity index (χ1) is 16.1. The Morgan fingerprint density at radius 2 is 1.82 bits per heavy atom. The van der Waals surface area contributed by atoms with E-state index in [1.807, 2.05) is 12.1 Å². The molecule has 0 saturated heterocycles. The van der Waals surface area contributed by atoms with Crippen LogP contribution in [0.3, 0.4) is 0 Å². The highest BCUT2D eigenvalue weighted by Gasteiger charge is 2.30. The average molecular weight is 491 g/mol. The summed E-state index contributed by atoms with van der Waals surface area (Å²) in [4.78, 5) is 19.9.